The Kier molecular flexibility index (Phi) is 6.22. The summed E-state index contributed by atoms with van der Waals surface area (Å²) in [5, 5.41) is -0.339. The minimum atomic E-state index is -1.17. The Balaban J connectivity index is 1.42. The Hall–Kier alpha value is -3.85. The summed E-state index contributed by atoms with van der Waals surface area (Å²) in [6, 6.07) is 11.5. The molecule has 4 aliphatic rings. The van der Waals surface area contributed by atoms with E-state index in [9.17, 15) is 9.59 Å². The van der Waals surface area contributed by atoms with Crippen LogP contribution < -0.4 is 15.2 Å². The number of carbonyl (C=O) groups excluding carboxylic acids is 2. The van der Waals surface area contributed by atoms with E-state index in [0.717, 1.165) is 5.56 Å². The second-order valence-electron chi connectivity index (χ2n) is 12.8. The summed E-state index contributed by atoms with van der Waals surface area (Å²) in [6.07, 6.45) is 1.46. The SMILES string of the molecule is CC(C)(C)OC(=O)N1CCC[C@H]1[C@@]1(c2ccccc2)Cc2c(cc(F)c(Cl)c2-c2c(C(N)=O)cc3c(c2F)C2CC2O3)O1. The standard InChI is InChI=1S/C33H31ClF2N2O5/c1-32(2,3)43-31(40)38-11-7-10-24(38)33(16-8-5-4-6-9-16)15-19-22(42-33)14-20(35)28(34)26(19)27-18(30(37)39)13-23-25(29(27)36)17-12-21(17)41-23/h4-6,8-9,13-14,17,21,24H,7,10-12,15H2,1-3H3,(H2,37,39)/t17?,21?,24-,33-/m0/s1. The van der Waals surface area contributed by atoms with Gasteiger partial charge < -0.3 is 24.8 Å². The molecule has 4 atom stereocenters. The van der Waals surface area contributed by atoms with Crippen LogP contribution in [0.1, 0.15) is 73.0 Å². The predicted octanol–water partition coefficient (Wildman–Crippen LogP) is 6.86. The Morgan fingerprint density at radius 2 is 1.86 bits per heavy atom. The second-order valence-corrected chi connectivity index (χ2v) is 13.2. The van der Waals surface area contributed by atoms with E-state index in [4.69, 9.17) is 31.5 Å². The van der Waals surface area contributed by atoms with Crippen LogP contribution in [-0.2, 0) is 16.8 Å². The number of amides is 2. The molecule has 1 aliphatic carbocycles. The van der Waals surface area contributed by atoms with Gasteiger partial charge in [0.15, 0.2) is 5.60 Å². The highest BCUT2D eigenvalue weighted by atomic mass is 35.5. The minimum absolute atomic E-state index is 0.0227. The molecule has 1 saturated heterocycles. The van der Waals surface area contributed by atoms with Gasteiger partial charge in [0.1, 0.15) is 34.8 Å². The van der Waals surface area contributed by atoms with Gasteiger partial charge >= 0.3 is 6.09 Å². The maximum Gasteiger partial charge on any atom is 0.410 e. The number of carbonyl (C=O) groups is 2. The summed E-state index contributed by atoms with van der Waals surface area (Å²) < 4.78 is 50.4. The van der Waals surface area contributed by atoms with Crippen LogP contribution in [-0.4, -0.2) is 41.2 Å². The van der Waals surface area contributed by atoms with Crippen LogP contribution in [0.5, 0.6) is 11.5 Å². The maximum absolute atomic E-state index is 16.5. The molecule has 10 heteroatoms. The summed E-state index contributed by atoms with van der Waals surface area (Å²) >= 11 is 6.64. The average Bonchev–Trinajstić information content (AvgIpc) is 3.29. The molecule has 0 bridgehead atoms. The molecule has 7 nitrogen and oxygen atoms in total. The number of hydrogen-bond donors (Lipinski definition) is 1. The predicted molar refractivity (Wildman–Crippen MR) is 156 cm³/mol. The van der Waals surface area contributed by atoms with Crippen LogP contribution in [0.15, 0.2) is 42.5 Å². The molecule has 2 unspecified atom stereocenters. The highest BCUT2D eigenvalue weighted by Gasteiger charge is 2.55. The molecule has 7 rings (SSSR count). The van der Waals surface area contributed by atoms with Gasteiger partial charge in [0.05, 0.1) is 16.6 Å². The summed E-state index contributed by atoms with van der Waals surface area (Å²) in [4.78, 5) is 27.8. The Labute approximate surface area is 252 Å². The zero-order chi connectivity index (χ0) is 30.4. The molecule has 3 heterocycles. The summed E-state index contributed by atoms with van der Waals surface area (Å²) in [5.41, 5.74) is 5.11. The number of nitrogens with two attached hydrogens (primary N) is 1. The van der Waals surface area contributed by atoms with Crippen LogP contribution in [0.25, 0.3) is 11.1 Å². The van der Waals surface area contributed by atoms with E-state index >= 15 is 8.78 Å². The third kappa shape index (κ3) is 4.34. The molecular weight excluding hydrogens is 578 g/mol. The fourth-order valence-electron chi connectivity index (χ4n) is 7.01. The number of benzene rings is 3. The molecule has 3 aliphatic heterocycles. The first-order chi connectivity index (χ1) is 20.4. The normalized spacial score (nSPS) is 25.0. The van der Waals surface area contributed by atoms with Crippen molar-refractivity contribution in [3.63, 3.8) is 0 Å². The first kappa shape index (κ1) is 28.0. The minimum Gasteiger partial charge on any atom is -0.489 e. The molecule has 0 aromatic heterocycles. The number of primary amides is 1. The molecule has 0 radical (unpaired) electrons. The number of hydrogen-bond acceptors (Lipinski definition) is 5. The zero-order valence-electron chi connectivity index (χ0n) is 24.0. The maximum atomic E-state index is 16.5. The van der Waals surface area contributed by atoms with Gasteiger partial charge in [0.2, 0.25) is 5.91 Å². The van der Waals surface area contributed by atoms with Gasteiger partial charge in [0, 0.05) is 47.2 Å². The van der Waals surface area contributed by atoms with Crippen molar-refractivity contribution in [1.29, 1.82) is 0 Å². The molecule has 1 saturated carbocycles. The molecule has 2 N–H and O–H groups in total. The lowest BCUT2D eigenvalue weighted by Crippen LogP contribution is -2.53. The third-order valence-electron chi connectivity index (χ3n) is 8.86. The molecule has 2 fully saturated rings. The smallest absolute Gasteiger partial charge is 0.410 e. The quantitative estimate of drug-likeness (QED) is 0.349. The van der Waals surface area contributed by atoms with Gasteiger partial charge in [0.25, 0.3) is 0 Å². The topological polar surface area (TPSA) is 91.1 Å². The van der Waals surface area contributed by atoms with Gasteiger partial charge in [-0.2, -0.15) is 0 Å². The van der Waals surface area contributed by atoms with Crippen molar-refractivity contribution < 1.29 is 32.6 Å². The third-order valence-corrected chi connectivity index (χ3v) is 9.23. The molecule has 224 valence electrons. The van der Waals surface area contributed by atoms with Crippen molar-refractivity contribution in [2.24, 2.45) is 5.73 Å². The summed E-state index contributed by atoms with van der Waals surface area (Å²) in [7, 11) is 0. The van der Waals surface area contributed by atoms with E-state index in [1.165, 1.54) is 12.1 Å². The van der Waals surface area contributed by atoms with E-state index in [2.05, 4.69) is 0 Å². The molecule has 43 heavy (non-hydrogen) atoms. The van der Waals surface area contributed by atoms with Crippen LogP contribution in [0.4, 0.5) is 13.6 Å². The van der Waals surface area contributed by atoms with Crippen LogP contribution >= 0.6 is 11.6 Å². The van der Waals surface area contributed by atoms with Gasteiger partial charge in [-0.3, -0.25) is 4.79 Å². The lowest BCUT2D eigenvalue weighted by atomic mass is 9.79. The van der Waals surface area contributed by atoms with E-state index < -0.39 is 40.9 Å². The Morgan fingerprint density at radius 1 is 1.12 bits per heavy atom. The highest BCUT2D eigenvalue weighted by Crippen LogP contribution is 2.58. The number of nitrogens with zero attached hydrogens (tertiary/aromatic N) is 1. The highest BCUT2D eigenvalue weighted by molar-refractivity contribution is 6.34. The summed E-state index contributed by atoms with van der Waals surface area (Å²) in [6.45, 7) is 5.86. The van der Waals surface area contributed by atoms with Crippen molar-refractivity contribution in [1.82, 2.24) is 4.90 Å². The molecular formula is C33H31ClF2N2O5. The van der Waals surface area contributed by atoms with E-state index in [1.807, 2.05) is 30.3 Å². The van der Waals surface area contributed by atoms with Crippen molar-refractivity contribution in [2.75, 3.05) is 6.54 Å². The monoisotopic (exact) mass is 608 g/mol. The number of fused-ring (bicyclic) bond motifs is 4. The Morgan fingerprint density at radius 3 is 2.56 bits per heavy atom. The number of halogens is 3. The first-order valence-electron chi connectivity index (χ1n) is 14.5. The van der Waals surface area contributed by atoms with E-state index in [1.54, 1.807) is 25.7 Å². The Bertz CT molecular complexity index is 1690. The van der Waals surface area contributed by atoms with Crippen LogP contribution in [0.2, 0.25) is 5.02 Å². The molecule has 3 aromatic rings. The first-order valence-corrected chi connectivity index (χ1v) is 14.9. The second kappa shape index (κ2) is 9.58. The van der Waals surface area contributed by atoms with Gasteiger partial charge in [-0.25, -0.2) is 13.6 Å². The van der Waals surface area contributed by atoms with Crippen LogP contribution in [0.3, 0.4) is 0 Å². The number of ether oxygens (including phenoxy) is 3. The molecule has 2 amide bonds. The van der Waals surface area contributed by atoms with Crippen molar-refractivity contribution in [3.05, 3.63) is 81.4 Å². The van der Waals surface area contributed by atoms with Crippen molar-refractivity contribution in [3.8, 4) is 22.6 Å². The van der Waals surface area contributed by atoms with Gasteiger partial charge in [-0.15, -0.1) is 0 Å². The van der Waals surface area contributed by atoms with Gasteiger partial charge in [-0.05, 0) is 51.7 Å². The average molecular weight is 609 g/mol. The van der Waals surface area contributed by atoms with E-state index in [-0.39, 0.29) is 51.7 Å². The zero-order valence-corrected chi connectivity index (χ0v) is 24.8. The lowest BCUT2D eigenvalue weighted by Gasteiger charge is -2.40. The van der Waals surface area contributed by atoms with Gasteiger partial charge in [-0.1, -0.05) is 41.9 Å². The number of rotatable bonds is 4. The van der Waals surface area contributed by atoms with Crippen molar-refractivity contribution >= 4 is 23.6 Å². The lowest BCUT2D eigenvalue weighted by molar-refractivity contribution is -0.0216. The molecule has 0 spiro atoms. The van der Waals surface area contributed by atoms with Crippen LogP contribution in [0, 0.1) is 11.6 Å². The van der Waals surface area contributed by atoms with E-state index in [0.29, 0.717) is 36.9 Å². The molecule has 3 aromatic carbocycles. The fourth-order valence-corrected chi connectivity index (χ4v) is 7.27. The largest absolute Gasteiger partial charge is 0.489 e. The van der Waals surface area contributed by atoms with Crippen molar-refractivity contribution in [2.45, 2.75) is 75.7 Å². The summed E-state index contributed by atoms with van der Waals surface area (Å²) in [5.74, 6) is -2.13. The fraction of sp³-hybridized carbons (Fsp3) is 0.394. The number of likely N-dealkylation sites (tertiary alicyclic amines) is 1.